The number of halogens is 1. The summed E-state index contributed by atoms with van der Waals surface area (Å²) in [7, 11) is 5.21. The summed E-state index contributed by atoms with van der Waals surface area (Å²) < 4.78 is 17.1. The fraction of sp³-hybridized carbons (Fsp3) is 0.720. The number of ether oxygens (including phenoxy) is 3. The molecule has 1 N–H and O–H groups in total. The number of nitrogens with one attached hydrogen (secondary N) is 1. The quantitative estimate of drug-likeness (QED) is 0.281. The first-order chi connectivity index (χ1) is 15.0. The Morgan fingerprint density at radius 1 is 1.06 bits per heavy atom. The first-order valence-electron chi connectivity index (χ1n) is 11.8. The molecule has 1 saturated heterocycles. The molecule has 1 aliphatic heterocycles. The Kier molecular flexibility index (Phi) is 10.9. The molecule has 1 saturated carbocycles. The van der Waals surface area contributed by atoms with Crippen molar-refractivity contribution in [3.63, 3.8) is 0 Å². The lowest BCUT2D eigenvalue weighted by atomic mass is 9.84. The Morgan fingerprint density at radius 3 is 2.31 bits per heavy atom. The van der Waals surface area contributed by atoms with Crippen molar-refractivity contribution in [2.24, 2.45) is 10.9 Å². The minimum atomic E-state index is -0.0851. The Morgan fingerprint density at radius 2 is 1.72 bits per heavy atom. The maximum atomic E-state index is 6.23. The van der Waals surface area contributed by atoms with Crippen LogP contribution in [0.2, 0.25) is 0 Å². The SMILES string of the molecule is CN=C(NCC(C)(C)c1ccc(OC)c(OC)c1)N1CCC(OCC2CCCC2)CC1.I. The largest absolute Gasteiger partial charge is 0.493 e. The van der Waals surface area contributed by atoms with Gasteiger partial charge in [0.05, 0.1) is 20.3 Å². The van der Waals surface area contributed by atoms with Crippen molar-refractivity contribution in [1.29, 1.82) is 0 Å². The lowest BCUT2D eigenvalue weighted by Crippen LogP contribution is -2.49. The number of rotatable bonds is 8. The highest BCUT2D eigenvalue weighted by Crippen LogP contribution is 2.33. The van der Waals surface area contributed by atoms with Crippen molar-refractivity contribution in [3.8, 4) is 11.5 Å². The second-order valence-corrected chi connectivity index (χ2v) is 9.52. The van der Waals surface area contributed by atoms with E-state index in [1.165, 1.54) is 31.2 Å². The Labute approximate surface area is 211 Å². The van der Waals surface area contributed by atoms with E-state index in [1.54, 1.807) is 14.2 Å². The van der Waals surface area contributed by atoms with Crippen LogP contribution in [0, 0.1) is 5.92 Å². The number of hydrogen-bond donors (Lipinski definition) is 1. The summed E-state index contributed by atoms with van der Waals surface area (Å²) in [4.78, 5) is 6.91. The number of benzene rings is 1. The molecule has 1 heterocycles. The average molecular weight is 560 g/mol. The summed E-state index contributed by atoms with van der Waals surface area (Å²) in [6.45, 7) is 8.19. The first kappa shape index (κ1) is 27.0. The Balaban J connectivity index is 0.00000363. The van der Waals surface area contributed by atoms with E-state index in [-0.39, 0.29) is 29.4 Å². The van der Waals surface area contributed by atoms with Gasteiger partial charge < -0.3 is 24.4 Å². The van der Waals surface area contributed by atoms with Crippen molar-refractivity contribution >= 4 is 29.9 Å². The maximum Gasteiger partial charge on any atom is 0.193 e. The van der Waals surface area contributed by atoms with Gasteiger partial charge in [0, 0.05) is 38.7 Å². The van der Waals surface area contributed by atoms with Crippen LogP contribution in [0.3, 0.4) is 0 Å². The molecule has 0 atom stereocenters. The van der Waals surface area contributed by atoms with Gasteiger partial charge in [0.1, 0.15) is 0 Å². The van der Waals surface area contributed by atoms with Crippen LogP contribution < -0.4 is 14.8 Å². The molecule has 32 heavy (non-hydrogen) atoms. The second kappa shape index (κ2) is 12.9. The summed E-state index contributed by atoms with van der Waals surface area (Å²) in [6, 6.07) is 6.15. The predicted octanol–water partition coefficient (Wildman–Crippen LogP) is 4.85. The molecule has 7 heteroatoms. The van der Waals surface area contributed by atoms with E-state index in [1.807, 2.05) is 13.1 Å². The summed E-state index contributed by atoms with van der Waals surface area (Å²) in [5, 5.41) is 3.60. The molecule has 0 unspecified atom stereocenters. The highest BCUT2D eigenvalue weighted by atomic mass is 127. The van der Waals surface area contributed by atoms with Crippen LogP contribution >= 0.6 is 24.0 Å². The van der Waals surface area contributed by atoms with E-state index < -0.39 is 0 Å². The van der Waals surface area contributed by atoms with Gasteiger partial charge >= 0.3 is 0 Å². The fourth-order valence-electron chi connectivity index (χ4n) is 4.68. The molecule has 1 aromatic carbocycles. The van der Waals surface area contributed by atoms with Gasteiger partial charge in [0.25, 0.3) is 0 Å². The van der Waals surface area contributed by atoms with Crippen LogP contribution in [-0.2, 0) is 10.2 Å². The number of piperidine rings is 1. The third-order valence-corrected chi connectivity index (χ3v) is 6.85. The number of hydrogen-bond acceptors (Lipinski definition) is 4. The molecule has 182 valence electrons. The molecule has 3 rings (SSSR count). The van der Waals surface area contributed by atoms with Gasteiger partial charge in [-0.25, -0.2) is 0 Å². The highest BCUT2D eigenvalue weighted by molar-refractivity contribution is 14.0. The van der Waals surface area contributed by atoms with Gasteiger partial charge in [-0.2, -0.15) is 0 Å². The smallest absolute Gasteiger partial charge is 0.193 e. The van der Waals surface area contributed by atoms with Gasteiger partial charge in [-0.05, 0) is 49.3 Å². The van der Waals surface area contributed by atoms with Crippen LogP contribution in [0.5, 0.6) is 11.5 Å². The Bertz CT molecular complexity index is 727. The molecule has 1 aromatic rings. The van der Waals surface area contributed by atoms with Crippen molar-refractivity contribution in [1.82, 2.24) is 10.2 Å². The molecule has 0 bridgehead atoms. The van der Waals surface area contributed by atoms with Crippen molar-refractivity contribution < 1.29 is 14.2 Å². The number of aliphatic imine (C=N–C) groups is 1. The molecular formula is C25H42IN3O3. The van der Waals surface area contributed by atoms with Crippen LogP contribution in [0.1, 0.15) is 57.9 Å². The van der Waals surface area contributed by atoms with Crippen LogP contribution in [-0.4, -0.2) is 64.5 Å². The van der Waals surface area contributed by atoms with E-state index in [2.05, 4.69) is 41.2 Å². The van der Waals surface area contributed by atoms with Gasteiger partial charge in [0.15, 0.2) is 17.5 Å². The first-order valence-corrected chi connectivity index (χ1v) is 11.8. The molecule has 0 radical (unpaired) electrons. The highest BCUT2D eigenvalue weighted by Gasteiger charge is 2.26. The molecule has 6 nitrogen and oxygen atoms in total. The summed E-state index contributed by atoms with van der Waals surface area (Å²) >= 11 is 0. The fourth-order valence-corrected chi connectivity index (χ4v) is 4.68. The zero-order chi connectivity index (χ0) is 22.3. The number of guanidine groups is 1. The van der Waals surface area contributed by atoms with Gasteiger partial charge in [-0.1, -0.05) is 32.8 Å². The standard InChI is InChI=1S/C25H41N3O3.HI/c1-25(2,20-10-11-22(29-4)23(16-20)30-5)18-27-24(26-3)28-14-12-21(13-15-28)31-17-19-8-6-7-9-19;/h10-11,16,19,21H,6-9,12-15,17-18H2,1-5H3,(H,26,27);1H. The zero-order valence-corrected chi connectivity index (χ0v) is 22.8. The normalized spacial score (nSPS) is 18.4. The molecule has 0 amide bonds. The summed E-state index contributed by atoms with van der Waals surface area (Å²) in [5.41, 5.74) is 1.12. The van der Waals surface area contributed by atoms with Crippen molar-refractivity contribution in [3.05, 3.63) is 23.8 Å². The Hall–Kier alpha value is -1.22. The molecule has 2 aliphatic rings. The number of nitrogens with zero attached hydrogens (tertiary/aromatic N) is 2. The predicted molar refractivity (Wildman–Crippen MR) is 142 cm³/mol. The molecule has 2 fully saturated rings. The topological polar surface area (TPSA) is 55.3 Å². The van der Waals surface area contributed by atoms with E-state index in [0.717, 1.165) is 62.5 Å². The van der Waals surface area contributed by atoms with Gasteiger partial charge in [-0.3, -0.25) is 4.99 Å². The second-order valence-electron chi connectivity index (χ2n) is 9.52. The summed E-state index contributed by atoms with van der Waals surface area (Å²) in [6.07, 6.45) is 8.02. The average Bonchev–Trinajstić information content (AvgIpc) is 3.32. The van der Waals surface area contributed by atoms with E-state index in [4.69, 9.17) is 14.2 Å². The maximum absolute atomic E-state index is 6.23. The van der Waals surface area contributed by atoms with Gasteiger partial charge in [-0.15, -0.1) is 24.0 Å². The van der Waals surface area contributed by atoms with Gasteiger partial charge in [0.2, 0.25) is 0 Å². The molecular weight excluding hydrogens is 517 g/mol. The van der Waals surface area contributed by atoms with Crippen molar-refractivity contribution in [2.75, 3.05) is 47.5 Å². The minimum Gasteiger partial charge on any atom is -0.493 e. The third kappa shape index (κ3) is 7.14. The number of likely N-dealkylation sites (tertiary alicyclic amines) is 1. The van der Waals surface area contributed by atoms with Crippen molar-refractivity contribution in [2.45, 2.75) is 63.9 Å². The van der Waals surface area contributed by atoms with E-state index in [0.29, 0.717) is 6.10 Å². The molecule has 1 aliphatic carbocycles. The van der Waals surface area contributed by atoms with E-state index in [9.17, 15) is 0 Å². The number of methoxy groups -OCH3 is 2. The lowest BCUT2D eigenvalue weighted by molar-refractivity contribution is 0.000990. The van der Waals surface area contributed by atoms with Crippen LogP contribution in [0.4, 0.5) is 0 Å². The van der Waals surface area contributed by atoms with Crippen LogP contribution in [0.25, 0.3) is 0 Å². The minimum absolute atomic E-state index is 0. The zero-order valence-electron chi connectivity index (χ0n) is 20.5. The van der Waals surface area contributed by atoms with Crippen LogP contribution in [0.15, 0.2) is 23.2 Å². The lowest BCUT2D eigenvalue weighted by Gasteiger charge is -2.36. The molecule has 0 aromatic heterocycles. The summed E-state index contributed by atoms with van der Waals surface area (Å²) in [5.74, 6) is 3.29. The van der Waals surface area contributed by atoms with E-state index >= 15 is 0 Å². The molecule has 0 spiro atoms. The monoisotopic (exact) mass is 559 g/mol. The third-order valence-electron chi connectivity index (χ3n) is 6.85.